The minimum Gasteiger partial charge on any atom is -0.398 e. The number of nitrogen functional groups attached to an aromatic ring is 1. The summed E-state index contributed by atoms with van der Waals surface area (Å²) < 4.78 is 14.6. The molecule has 2 aromatic rings. The number of aromatic nitrogens is 2. The Bertz CT molecular complexity index is 1470. The van der Waals surface area contributed by atoms with Crippen LogP contribution in [0.5, 0.6) is 0 Å². The minimum absolute atomic E-state index is 0.0200. The van der Waals surface area contributed by atoms with Crippen LogP contribution in [0.2, 0.25) is 0 Å². The van der Waals surface area contributed by atoms with E-state index in [0.29, 0.717) is 36.2 Å². The Morgan fingerprint density at radius 2 is 1.89 bits per heavy atom. The van der Waals surface area contributed by atoms with Crippen LogP contribution in [0.1, 0.15) is 111 Å². The van der Waals surface area contributed by atoms with Crippen LogP contribution in [0.3, 0.4) is 0 Å². The van der Waals surface area contributed by atoms with Gasteiger partial charge in [-0.3, -0.25) is 9.80 Å². The Balaban J connectivity index is 1.14. The van der Waals surface area contributed by atoms with Gasteiger partial charge in [-0.05, 0) is 113 Å². The first-order chi connectivity index (χ1) is 21.4. The maximum absolute atomic E-state index is 14.6. The summed E-state index contributed by atoms with van der Waals surface area (Å²) in [4.78, 5) is 18.3. The summed E-state index contributed by atoms with van der Waals surface area (Å²) in [5, 5.41) is 10.3. The van der Waals surface area contributed by atoms with Gasteiger partial charge in [0.15, 0.2) is 0 Å². The first-order valence-electron chi connectivity index (χ1n) is 17.5. The molecule has 0 amide bonds. The summed E-state index contributed by atoms with van der Waals surface area (Å²) in [6, 6.07) is 7.24. The van der Waals surface area contributed by atoms with E-state index in [2.05, 4.69) is 33.8 Å². The predicted octanol–water partition coefficient (Wildman–Crippen LogP) is 5.44. The average molecular weight is 598 g/mol. The summed E-state index contributed by atoms with van der Waals surface area (Å²) in [6.45, 7) is 8.45. The van der Waals surface area contributed by atoms with Gasteiger partial charge in [0.05, 0.1) is 11.3 Å². The van der Waals surface area contributed by atoms with Crippen molar-refractivity contribution in [3.05, 3.63) is 45.9 Å². The second kappa shape index (κ2) is 10.9. The molecule has 1 aromatic heterocycles. The number of nitrogens with two attached hydrogens (primary N) is 1. The van der Waals surface area contributed by atoms with Gasteiger partial charge in [-0.1, -0.05) is 19.4 Å². The van der Waals surface area contributed by atoms with Gasteiger partial charge in [-0.25, -0.2) is 14.4 Å². The van der Waals surface area contributed by atoms with E-state index in [1.807, 2.05) is 6.07 Å². The first-order valence-corrected chi connectivity index (χ1v) is 17.5. The molecular weight excluding hydrogens is 549 g/mol. The minimum atomic E-state index is -0.710. The lowest BCUT2D eigenvalue weighted by molar-refractivity contribution is 0.138. The van der Waals surface area contributed by atoms with E-state index in [1.54, 1.807) is 0 Å². The average Bonchev–Trinajstić information content (AvgIpc) is 3.53. The fourth-order valence-electron chi connectivity index (χ4n) is 10.2. The van der Waals surface area contributed by atoms with E-state index >= 15 is 0 Å². The SMILES string of the molecule is CC1CCC2(CCc3c(nc(CCC45CCCN4CC(F)C5)nc3N3CC(N4CCCCC4)C3)C2)c2c1ccc(N)c2C#N. The molecule has 4 unspecified atom stereocenters. The standard InChI is InChI=1S/C36H48FN7/c1-24-8-12-35(33-27(24)6-7-30(39)29(33)20-38)13-9-28-31(19-35)40-32(10-14-36-11-5-17-44(36)21-25(37)18-36)41-34(28)43-22-26(23-43)42-15-3-2-4-16-42/h6-7,24-26H,2-5,8-19,21-23,39H2,1H3. The van der Waals surface area contributed by atoms with E-state index in [9.17, 15) is 9.65 Å². The van der Waals surface area contributed by atoms with E-state index in [-0.39, 0.29) is 11.0 Å². The van der Waals surface area contributed by atoms with E-state index < -0.39 is 6.17 Å². The van der Waals surface area contributed by atoms with Gasteiger partial charge < -0.3 is 10.6 Å². The van der Waals surface area contributed by atoms with E-state index in [1.165, 1.54) is 61.2 Å². The molecule has 2 aliphatic carbocycles. The fourth-order valence-corrected chi connectivity index (χ4v) is 10.2. The monoisotopic (exact) mass is 597 g/mol. The molecule has 4 fully saturated rings. The molecule has 5 heterocycles. The largest absolute Gasteiger partial charge is 0.398 e. The third-order valence-electron chi connectivity index (χ3n) is 12.6. The van der Waals surface area contributed by atoms with Crippen LogP contribution in [-0.2, 0) is 24.7 Å². The van der Waals surface area contributed by atoms with Crippen molar-refractivity contribution in [2.45, 2.75) is 119 Å². The Morgan fingerprint density at radius 1 is 1.05 bits per heavy atom. The van der Waals surface area contributed by atoms with Crippen LogP contribution in [0.25, 0.3) is 0 Å². The number of alkyl halides is 1. The Morgan fingerprint density at radius 3 is 2.70 bits per heavy atom. The lowest BCUT2D eigenvalue weighted by Crippen LogP contribution is -2.61. The van der Waals surface area contributed by atoms with Crippen molar-refractivity contribution in [1.29, 1.82) is 5.26 Å². The number of halogens is 1. The molecule has 0 radical (unpaired) electrons. The number of nitriles is 1. The molecule has 1 spiro atoms. The molecular formula is C36H48FN7. The molecule has 1 aromatic carbocycles. The molecule has 4 atom stereocenters. The second-order valence-electron chi connectivity index (χ2n) is 15.1. The molecule has 234 valence electrons. The highest BCUT2D eigenvalue weighted by Crippen LogP contribution is 2.52. The number of benzene rings is 1. The maximum Gasteiger partial charge on any atom is 0.135 e. The van der Waals surface area contributed by atoms with Crippen LogP contribution in [0.4, 0.5) is 15.9 Å². The van der Waals surface area contributed by atoms with Crippen molar-refractivity contribution in [2.24, 2.45) is 0 Å². The quantitative estimate of drug-likeness (QED) is 0.460. The van der Waals surface area contributed by atoms with Crippen molar-refractivity contribution in [3.63, 3.8) is 0 Å². The van der Waals surface area contributed by atoms with E-state index in [4.69, 9.17) is 15.7 Å². The summed E-state index contributed by atoms with van der Waals surface area (Å²) in [7, 11) is 0. The van der Waals surface area contributed by atoms with Crippen LogP contribution < -0.4 is 10.6 Å². The number of aryl methyl sites for hydroxylation is 1. The van der Waals surface area contributed by atoms with E-state index in [0.717, 1.165) is 82.6 Å². The first kappa shape index (κ1) is 28.7. The van der Waals surface area contributed by atoms with Crippen molar-refractivity contribution in [3.8, 4) is 6.07 Å². The maximum atomic E-state index is 14.6. The molecule has 8 heteroatoms. The van der Waals surface area contributed by atoms with Gasteiger partial charge in [-0.15, -0.1) is 0 Å². The highest BCUT2D eigenvalue weighted by Gasteiger charge is 2.49. The highest BCUT2D eigenvalue weighted by molar-refractivity contribution is 5.65. The van der Waals surface area contributed by atoms with Crippen molar-refractivity contribution in [2.75, 3.05) is 49.9 Å². The van der Waals surface area contributed by atoms with Gasteiger partial charge in [0.25, 0.3) is 0 Å². The summed E-state index contributed by atoms with van der Waals surface area (Å²) in [5.41, 5.74) is 12.6. The summed E-state index contributed by atoms with van der Waals surface area (Å²) >= 11 is 0. The van der Waals surface area contributed by atoms with Crippen molar-refractivity contribution >= 4 is 11.5 Å². The lowest BCUT2D eigenvalue weighted by atomic mass is 9.59. The zero-order valence-electron chi connectivity index (χ0n) is 26.5. The number of piperidine rings is 1. The van der Waals surface area contributed by atoms with Gasteiger partial charge in [-0.2, -0.15) is 5.26 Å². The Kier molecular flexibility index (Phi) is 7.14. The molecule has 4 aliphatic heterocycles. The third kappa shape index (κ3) is 4.64. The summed E-state index contributed by atoms with van der Waals surface area (Å²) in [6.07, 6.45) is 12.9. The van der Waals surface area contributed by atoms with Gasteiger partial charge in [0, 0.05) is 54.3 Å². The van der Waals surface area contributed by atoms with Crippen LogP contribution in [-0.4, -0.2) is 76.8 Å². The van der Waals surface area contributed by atoms with Crippen LogP contribution in [0, 0.1) is 11.3 Å². The van der Waals surface area contributed by atoms with Gasteiger partial charge in [0.1, 0.15) is 23.9 Å². The molecule has 44 heavy (non-hydrogen) atoms. The van der Waals surface area contributed by atoms with Crippen molar-refractivity contribution < 1.29 is 4.39 Å². The number of hydrogen-bond donors (Lipinski definition) is 1. The molecule has 4 saturated heterocycles. The zero-order valence-corrected chi connectivity index (χ0v) is 26.5. The number of rotatable bonds is 5. The molecule has 2 N–H and O–H groups in total. The fraction of sp³-hybridized carbons (Fsp3) is 0.694. The molecule has 7 nitrogen and oxygen atoms in total. The molecule has 0 saturated carbocycles. The zero-order chi connectivity index (χ0) is 30.1. The molecule has 8 rings (SSSR count). The van der Waals surface area contributed by atoms with Gasteiger partial charge >= 0.3 is 0 Å². The smallest absolute Gasteiger partial charge is 0.135 e. The normalized spacial score (nSPS) is 32.2. The lowest BCUT2D eigenvalue weighted by Gasteiger charge is -2.49. The summed E-state index contributed by atoms with van der Waals surface area (Å²) in [5.74, 6) is 2.51. The second-order valence-corrected chi connectivity index (χ2v) is 15.1. The van der Waals surface area contributed by atoms with Crippen LogP contribution in [0.15, 0.2) is 12.1 Å². The van der Waals surface area contributed by atoms with Crippen molar-refractivity contribution in [1.82, 2.24) is 19.8 Å². The molecule has 6 aliphatic rings. The molecule has 0 bridgehead atoms. The number of anilines is 2. The Labute approximate surface area is 262 Å². The highest BCUT2D eigenvalue weighted by atomic mass is 19.1. The third-order valence-corrected chi connectivity index (χ3v) is 12.6. The number of likely N-dealkylation sites (tertiary alicyclic amines) is 1. The number of nitrogens with zero attached hydrogens (tertiary/aromatic N) is 6. The van der Waals surface area contributed by atoms with Crippen LogP contribution >= 0.6 is 0 Å². The number of hydrogen-bond acceptors (Lipinski definition) is 7. The number of fused-ring (bicyclic) bond motifs is 4. The predicted molar refractivity (Wildman–Crippen MR) is 172 cm³/mol. The van der Waals surface area contributed by atoms with Gasteiger partial charge in [0.2, 0.25) is 0 Å². The Hall–Kier alpha value is -2.76. The topological polar surface area (TPSA) is 85.3 Å².